The molecule has 10 heteroatoms. The van der Waals surface area contributed by atoms with Gasteiger partial charge in [-0.25, -0.2) is 4.79 Å². The standard InChI is InChI=1S/C14H20F3N3O4/c1-7(2)20-4-8(3-11(20)21)18-13(24)19-5-9(12(22)23)10(6-19)14(15,16)17/h7-10H,3-6H2,1-2H3,(H,18,24)(H,22,23)/t8?,9-,10-/m1/s1. The molecule has 2 rings (SSSR count). The molecule has 3 atom stereocenters. The van der Waals surface area contributed by atoms with Gasteiger partial charge in [-0.05, 0) is 13.8 Å². The predicted octanol–water partition coefficient (Wildman–Crippen LogP) is 0.900. The van der Waals surface area contributed by atoms with Crippen molar-refractivity contribution in [1.82, 2.24) is 15.1 Å². The van der Waals surface area contributed by atoms with Crippen molar-refractivity contribution in [1.29, 1.82) is 0 Å². The third-order valence-corrected chi connectivity index (χ3v) is 4.45. The molecule has 2 saturated heterocycles. The summed E-state index contributed by atoms with van der Waals surface area (Å²) in [5.41, 5.74) is 0. The number of hydrogen-bond acceptors (Lipinski definition) is 3. The highest BCUT2D eigenvalue weighted by molar-refractivity contribution is 5.82. The number of amides is 3. The van der Waals surface area contributed by atoms with Gasteiger partial charge in [-0.1, -0.05) is 0 Å². The van der Waals surface area contributed by atoms with Gasteiger partial charge in [-0.2, -0.15) is 13.2 Å². The van der Waals surface area contributed by atoms with Crippen molar-refractivity contribution in [3.63, 3.8) is 0 Å². The fraction of sp³-hybridized carbons (Fsp3) is 0.786. The van der Waals surface area contributed by atoms with Crippen molar-refractivity contribution < 1.29 is 32.7 Å². The summed E-state index contributed by atoms with van der Waals surface area (Å²) in [7, 11) is 0. The van der Waals surface area contributed by atoms with E-state index in [-0.39, 0.29) is 18.4 Å². The maximum Gasteiger partial charge on any atom is 0.394 e. The van der Waals surface area contributed by atoms with E-state index >= 15 is 0 Å². The van der Waals surface area contributed by atoms with Gasteiger partial charge in [-0.3, -0.25) is 9.59 Å². The summed E-state index contributed by atoms with van der Waals surface area (Å²) < 4.78 is 38.8. The zero-order chi connectivity index (χ0) is 18.2. The van der Waals surface area contributed by atoms with Crippen LogP contribution in [0.25, 0.3) is 0 Å². The normalized spacial score (nSPS) is 27.9. The van der Waals surface area contributed by atoms with Crippen molar-refractivity contribution in [3.8, 4) is 0 Å². The van der Waals surface area contributed by atoms with Crippen LogP contribution < -0.4 is 5.32 Å². The minimum atomic E-state index is -4.68. The Hall–Kier alpha value is -2.00. The predicted molar refractivity (Wildman–Crippen MR) is 76.0 cm³/mol. The largest absolute Gasteiger partial charge is 0.481 e. The number of carboxylic acid groups (broad SMARTS) is 1. The van der Waals surface area contributed by atoms with Crippen LogP contribution >= 0.6 is 0 Å². The van der Waals surface area contributed by atoms with Crippen molar-refractivity contribution in [2.45, 2.75) is 38.5 Å². The van der Waals surface area contributed by atoms with Crippen LogP contribution in [0.3, 0.4) is 0 Å². The van der Waals surface area contributed by atoms with Crippen LogP contribution in [0.5, 0.6) is 0 Å². The number of halogens is 3. The van der Waals surface area contributed by atoms with Crippen LogP contribution in [0, 0.1) is 11.8 Å². The van der Waals surface area contributed by atoms with E-state index in [0.29, 0.717) is 6.54 Å². The molecule has 2 N–H and O–H groups in total. The molecule has 7 nitrogen and oxygen atoms in total. The molecule has 2 fully saturated rings. The highest BCUT2D eigenvalue weighted by Gasteiger charge is 2.53. The third-order valence-electron chi connectivity index (χ3n) is 4.45. The van der Waals surface area contributed by atoms with E-state index in [1.165, 1.54) is 0 Å². The van der Waals surface area contributed by atoms with E-state index in [1.54, 1.807) is 4.90 Å². The van der Waals surface area contributed by atoms with E-state index in [1.807, 2.05) is 13.8 Å². The van der Waals surface area contributed by atoms with Gasteiger partial charge in [0, 0.05) is 32.1 Å². The lowest BCUT2D eigenvalue weighted by atomic mass is 9.96. The summed E-state index contributed by atoms with van der Waals surface area (Å²) in [4.78, 5) is 37.4. The molecule has 0 saturated carbocycles. The Bertz CT molecular complexity index is 538. The average molecular weight is 351 g/mol. The maximum absolute atomic E-state index is 12.9. The number of urea groups is 1. The fourth-order valence-corrected chi connectivity index (χ4v) is 3.14. The lowest BCUT2D eigenvalue weighted by molar-refractivity contribution is -0.187. The first-order valence-corrected chi connectivity index (χ1v) is 7.65. The van der Waals surface area contributed by atoms with Crippen molar-refractivity contribution in [2.75, 3.05) is 19.6 Å². The zero-order valence-corrected chi connectivity index (χ0v) is 13.3. The number of rotatable bonds is 3. The molecule has 0 spiro atoms. The van der Waals surface area contributed by atoms with Crippen molar-refractivity contribution in [2.24, 2.45) is 11.8 Å². The number of carbonyl (C=O) groups is 3. The molecular formula is C14H20F3N3O4. The third kappa shape index (κ3) is 3.73. The van der Waals surface area contributed by atoms with Gasteiger partial charge in [0.2, 0.25) is 5.91 Å². The van der Waals surface area contributed by atoms with Crippen LogP contribution in [-0.2, 0) is 9.59 Å². The molecule has 0 aromatic heterocycles. The quantitative estimate of drug-likeness (QED) is 0.791. The molecule has 24 heavy (non-hydrogen) atoms. The Kier molecular flexibility index (Phi) is 4.95. The van der Waals surface area contributed by atoms with Crippen LogP contribution in [0.2, 0.25) is 0 Å². The lowest BCUT2D eigenvalue weighted by Crippen LogP contribution is -2.45. The highest BCUT2D eigenvalue weighted by atomic mass is 19.4. The number of hydrogen-bond donors (Lipinski definition) is 2. The minimum Gasteiger partial charge on any atom is -0.481 e. The molecule has 0 aromatic rings. The molecule has 136 valence electrons. The summed E-state index contributed by atoms with van der Waals surface area (Å²) in [5, 5.41) is 11.5. The van der Waals surface area contributed by atoms with E-state index in [9.17, 15) is 27.6 Å². The molecule has 1 unspecified atom stereocenters. The molecular weight excluding hydrogens is 331 g/mol. The van der Waals surface area contributed by atoms with Crippen LogP contribution in [0.1, 0.15) is 20.3 Å². The first-order chi connectivity index (χ1) is 11.0. The van der Waals surface area contributed by atoms with Gasteiger partial charge in [0.1, 0.15) is 0 Å². The summed E-state index contributed by atoms with van der Waals surface area (Å²) in [6.07, 6.45) is -4.60. The Morgan fingerprint density at radius 3 is 2.29 bits per heavy atom. The van der Waals surface area contributed by atoms with Gasteiger partial charge in [-0.15, -0.1) is 0 Å². The fourth-order valence-electron chi connectivity index (χ4n) is 3.14. The van der Waals surface area contributed by atoms with E-state index in [0.717, 1.165) is 4.90 Å². The van der Waals surface area contributed by atoms with Gasteiger partial charge in [0.25, 0.3) is 0 Å². The van der Waals surface area contributed by atoms with Gasteiger partial charge in [0.05, 0.1) is 17.9 Å². The second-order valence-corrected chi connectivity index (χ2v) is 6.49. The number of nitrogens with zero attached hydrogens (tertiary/aromatic N) is 2. The summed E-state index contributed by atoms with van der Waals surface area (Å²) in [6, 6.07) is -1.28. The van der Waals surface area contributed by atoms with Crippen LogP contribution in [0.15, 0.2) is 0 Å². The Labute approximate surface area is 136 Å². The number of nitrogens with one attached hydrogen (secondary N) is 1. The molecule has 0 bridgehead atoms. The second-order valence-electron chi connectivity index (χ2n) is 6.49. The Balaban J connectivity index is 1.99. The average Bonchev–Trinajstić information content (AvgIpc) is 3.02. The van der Waals surface area contributed by atoms with Crippen LogP contribution in [-0.4, -0.2) is 70.7 Å². The number of likely N-dealkylation sites (tertiary alicyclic amines) is 2. The van der Waals surface area contributed by atoms with Gasteiger partial charge < -0.3 is 20.2 Å². The number of aliphatic carboxylic acids is 1. The molecule has 0 aliphatic carbocycles. The summed E-state index contributed by atoms with van der Waals surface area (Å²) >= 11 is 0. The van der Waals surface area contributed by atoms with Gasteiger partial charge >= 0.3 is 18.2 Å². The SMILES string of the molecule is CC(C)N1CC(NC(=O)N2C[C@@H](C(F)(F)F)[C@H](C(=O)O)C2)CC1=O. The molecule has 0 radical (unpaired) electrons. The first kappa shape index (κ1) is 18.3. The minimum absolute atomic E-state index is 0.0304. The zero-order valence-electron chi connectivity index (χ0n) is 13.3. The van der Waals surface area contributed by atoms with E-state index in [2.05, 4.69) is 5.32 Å². The maximum atomic E-state index is 12.9. The topological polar surface area (TPSA) is 90.0 Å². The molecule has 0 aromatic carbocycles. The Morgan fingerprint density at radius 1 is 1.25 bits per heavy atom. The number of alkyl halides is 3. The number of carboxylic acids is 1. The number of carbonyl (C=O) groups excluding carboxylic acids is 2. The molecule has 2 aliphatic heterocycles. The smallest absolute Gasteiger partial charge is 0.394 e. The second kappa shape index (κ2) is 6.48. The first-order valence-electron chi connectivity index (χ1n) is 7.65. The Morgan fingerprint density at radius 2 is 1.88 bits per heavy atom. The van der Waals surface area contributed by atoms with E-state index < -0.39 is 49.1 Å². The molecule has 2 heterocycles. The van der Waals surface area contributed by atoms with Gasteiger partial charge in [0.15, 0.2) is 0 Å². The van der Waals surface area contributed by atoms with Crippen molar-refractivity contribution in [3.05, 3.63) is 0 Å². The molecule has 2 aliphatic rings. The summed E-state index contributed by atoms with van der Waals surface area (Å²) in [6.45, 7) is 2.75. The van der Waals surface area contributed by atoms with E-state index in [4.69, 9.17) is 5.11 Å². The van der Waals surface area contributed by atoms with Crippen molar-refractivity contribution >= 4 is 17.9 Å². The lowest BCUT2D eigenvalue weighted by Gasteiger charge is -2.23. The monoisotopic (exact) mass is 351 g/mol. The summed E-state index contributed by atoms with van der Waals surface area (Å²) in [5.74, 6) is -5.46. The molecule has 3 amide bonds. The van der Waals surface area contributed by atoms with Crippen LogP contribution in [0.4, 0.5) is 18.0 Å². The highest BCUT2D eigenvalue weighted by Crippen LogP contribution is 2.37.